The van der Waals surface area contributed by atoms with Crippen molar-refractivity contribution in [2.45, 2.75) is 25.7 Å². The summed E-state index contributed by atoms with van der Waals surface area (Å²) in [7, 11) is 0. The molecule has 0 saturated heterocycles. The minimum atomic E-state index is 0.0660. The Kier molecular flexibility index (Phi) is 3.07. The molecule has 0 spiro atoms. The van der Waals surface area contributed by atoms with E-state index < -0.39 is 0 Å². The molecular weight excluding hydrogens is 258 g/mol. The molecule has 4 heteroatoms. The van der Waals surface area contributed by atoms with Gasteiger partial charge in [0.25, 0.3) is 0 Å². The molecule has 1 aliphatic heterocycles. The number of hydrogen-bond acceptors (Lipinski definition) is 4. The quantitative estimate of drug-likeness (QED) is 0.936. The average Bonchev–Trinajstić information content (AvgIpc) is 2.96. The van der Waals surface area contributed by atoms with Crippen molar-refractivity contribution in [2.24, 2.45) is 0 Å². The Morgan fingerprint density at radius 2 is 2.26 bits per heavy atom. The van der Waals surface area contributed by atoms with Crippen LogP contribution in [0.15, 0.2) is 23.6 Å². The molecule has 0 unspecified atom stereocenters. The third-order valence-electron chi connectivity index (χ3n) is 3.46. The number of rotatable bonds is 3. The Labute approximate surface area is 116 Å². The Hall–Kier alpha value is -1.39. The van der Waals surface area contributed by atoms with Crippen molar-refractivity contribution in [3.05, 3.63) is 34.8 Å². The summed E-state index contributed by atoms with van der Waals surface area (Å²) in [5.74, 6) is 0.987. The van der Waals surface area contributed by atoms with Crippen LogP contribution < -0.4 is 4.74 Å². The van der Waals surface area contributed by atoms with E-state index in [9.17, 15) is 0 Å². The van der Waals surface area contributed by atoms with Crippen molar-refractivity contribution in [3.8, 4) is 16.3 Å². The lowest BCUT2D eigenvalue weighted by atomic mass is 9.86. The van der Waals surface area contributed by atoms with E-state index in [1.165, 1.54) is 5.56 Å². The molecule has 2 heterocycles. The molecule has 0 aliphatic carbocycles. The highest BCUT2D eigenvalue weighted by Gasteiger charge is 2.32. The summed E-state index contributed by atoms with van der Waals surface area (Å²) in [6.07, 6.45) is 0.621. The molecule has 0 atom stereocenters. The van der Waals surface area contributed by atoms with Crippen LogP contribution in [-0.4, -0.2) is 23.3 Å². The highest BCUT2D eigenvalue weighted by molar-refractivity contribution is 7.13. The molecule has 100 valence electrons. The standard InChI is InChI=1S/C15H17NO2S/c1-15(2)9-18-13-4-3-10(7-12(13)15)14-16-11(5-6-17)8-19-14/h3-4,7-8,17H,5-6,9H2,1-2H3. The van der Waals surface area contributed by atoms with E-state index in [0.29, 0.717) is 6.42 Å². The molecule has 0 fully saturated rings. The first-order chi connectivity index (χ1) is 9.10. The minimum absolute atomic E-state index is 0.0660. The topological polar surface area (TPSA) is 42.4 Å². The third-order valence-corrected chi connectivity index (χ3v) is 4.40. The summed E-state index contributed by atoms with van der Waals surface area (Å²) >= 11 is 1.63. The van der Waals surface area contributed by atoms with Gasteiger partial charge in [0.1, 0.15) is 10.8 Å². The number of aromatic nitrogens is 1. The van der Waals surface area contributed by atoms with Crippen LogP contribution in [0.4, 0.5) is 0 Å². The van der Waals surface area contributed by atoms with Gasteiger partial charge in [-0.3, -0.25) is 0 Å². The molecule has 1 aromatic carbocycles. The molecule has 1 aromatic heterocycles. The molecule has 1 aliphatic rings. The number of aliphatic hydroxyl groups is 1. The highest BCUT2D eigenvalue weighted by atomic mass is 32.1. The first-order valence-electron chi connectivity index (χ1n) is 6.43. The van der Waals surface area contributed by atoms with Crippen LogP contribution >= 0.6 is 11.3 Å². The van der Waals surface area contributed by atoms with E-state index in [2.05, 4.69) is 31.0 Å². The molecule has 0 radical (unpaired) electrons. The summed E-state index contributed by atoms with van der Waals surface area (Å²) in [5.41, 5.74) is 3.41. The molecule has 19 heavy (non-hydrogen) atoms. The molecule has 3 rings (SSSR count). The van der Waals surface area contributed by atoms with Crippen molar-refractivity contribution in [1.82, 2.24) is 4.98 Å². The third kappa shape index (κ3) is 2.26. The number of ether oxygens (including phenoxy) is 1. The van der Waals surface area contributed by atoms with Gasteiger partial charge in [-0.2, -0.15) is 0 Å². The first-order valence-corrected chi connectivity index (χ1v) is 7.31. The molecule has 2 aromatic rings. The zero-order chi connectivity index (χ0) is 13.5. The summed E-state index contributed by atoms with van der Waals surface area (Å²) in [6.45, 7) is 5.27. The van der Waals surface area contributed by atoms with Crippen LogP contribution in [0.2, 0.25) is 0 Å². The second kappa shape index (κ2) is 4.62. The Bertz CT molecular complexity index is 604. The molecule has 3 nitrogen and oxygen atoms in total. The van der Waals surface area contributed by atoms with Crippen molar-refractivity contribution in [1.29, 1.82) is 0 Å². The van der Waals surface area contributed by atoms with Crippen molar-refractivity contribution in [3.63, 3.8) is 0 Å². The highest BCUT2D eigenvalue weighted by Crippen LogP contribution is 2.40. The van der Waals surface area contributed by atoms with Crippen LogP contribution in [0.5, 0.6) is 5.75 Å². The summed E-state index contributed by atoms with van der Waals surface area (Å²) < 4.78 is 5.70. The zero-order valence-electron chi connectivity index (χ0n) is 11.1. The van der Waals surface area contributed by atoms with Gasteiger partial charge in [-0.05, 0) is 18.2 Å². The van der Waals surface area contributed by atoms with Gasteiger partial charge in [0.2, 0.25) is 0 Å². The second-order valence-corrected chi connectivity index (χ2v) is 6.36. The van der Waals surface area contributed by atoms with Crippen molar-refractivity contribution >= 4 is 11.3 Å². The van der Waals surface area contributed by atoms with Gasteiger partial charge in [-0.15, -0.1) is 11.3 Å². The fourth-order valence-corrected chi connectivity index (χ4v) is 3.17. The zero-order valence-corrected chi connectivity index (χ0v) is 12.0. The van der Waals surface area contributed by atoms with Crippen LogP contribution in [0, 0.1) is 0 Å². The van der Waals surface area contributed by atoms with Crippen LogP contribution in [-0.2, 0) is 11.8 Å². The maximum Gasteiger partial charge on any atom is 0.123 e. The second-order valence-electron chi connectivity index (χ2n) is 5.50. The van der Waals surface area contributed by atoms with Crippen molar-refractivity contribution < 1.29 is 9.84 Å². The predicted octanol–water partition coefficient (Wildman–Crippen LogP) is 3.01. The monoisotopic (exact) mass is 275 g/mol. The molecular formula is C15H17NO2S. The lowest BCUT2D eigenvalue weighted by Gasteiger charge is -2.15. The number of aliphatic hydroxyl groups excluding tert-OH is 1. The number of fused-ring (bicyclic) bond motifs is 1. The van der Waals surface area contributed by atoms with Crippen LogP contribution in [0.3, 0.4) is 0 Å². The van der Waals surface area contributed by atoms with E-state index in [0.717, 1.165) is 28.6 Å². The van der Waals surface area contributed by atoms with Gasteiger partial charge in [0.15, 0.2) is 0 Å². The predicted molar refractivity (Wildman–Crippen MR) is 76.9 cm³/mol. The summed E-state index contributed by atoms with van der Waals surface area (Å²) in [6, 6.07) is 6.28. The fraction of sp³-hybridized carbons (Fsp3) is 0.400. The molecule has 0 bridgehead atoms. The summed E-state index contributed by atoms with van der Waals surface area (Å²) in [4.78, 5) is 4.56. The van der Waals surface area contributed by atoms with Crippen molar-refractivity contribution in [2.75, 3.05) is 13.2 Å². The van der Waals surface area contributed by atoms with Crippen LogP contribution in [0.1, 0.15) is 25.1 Å². The lowest BCUT2D eigenvalue weighted by Crippen LogP contribution is -2.18. The van der Waals surface area contributed by atoms with Gasteiger partial charge in [0, 0.05) is 34.9 Å². The van der Waals surface area contributed by atoms with Gasteiger partial charge in [-0.1, -0.05) is 13.8 Å². The fourth-order valence-electron chi connectivity index (χ4n) is 2.32. The smallest absolute Gasteiger partial charge is 0.123 e. The largest absolute Gasteiger partial charge is 0.492 e. The van der Waals surface area contributed by atoms with E-state index in [-0.39, 0.29) is 12.0 Å². The number of hydrogen-bond donors (Lipinski definition) is 1. The molecule has 0 amide bonds. The van der Waals surface area contributed by atoms with E-state index in [1.807, 2.05) is 11.4 Å². The minimum Gasteiger partial charge on any atom is -0.492 e. The van der Waals surface area contributed by atoms with E-state index >= 15 is 0 Å². The number of thiazole rings is 1. The Balaban J connectivity index is 1.97. The number of benzene rings is 1. The first kappa shape index (κ1) is 12.6. The average molecular weight is 275 g/mol. The SMILES string of the molecule is CC1(C)COc2ccc(-c3nc(CCO)cs3)cc21. The summed E-state index contributed by atoms with van der Waals surface area (Å²) in [5, 5.41) is 12.0. The van der Waals surface area contributed by atoms with Crippen LogP contribution in [0.25, 0.3) is 10.6 Å². The van der Waals surface area contributed by atoms with Gasteiger partial charge < -0.3 is 9.84 Å². The maximum absolute atomic E-state index is 8.94. The van der Waals surface area contributed by atoms with Gasteiger partial charge in [-0.25, -0.2) is 4.98 Å². The Morgan fingerprint density at radius 3 is 3.05 bits per heavy atom. The maximum atomic E-state index is 8.94. The Morgan fingerprint density at radius 1 is 1.42 bits per heavy atom. The van der Waals surface area contributed by atoms with E-state index in [4.69, 9.17) is 9.84 Å². The lowest BCUT2D eigenvalue weighted by molar-refractivity contribution is 0.291. The molecule has 1 N–H and O–H groups in total. The van der Waals surface area contributed by atoms with Gasteiger partial charge >= 0.3 is 0 Å². The molecule has 0 saturated carbocycles. The van der Waals surface area contributed by atoms with E-state index in [1.54, 1.807) is 11.3 Å². The normalized spacial score (nSPS) is 16.2. The number of nitrogens with zero attached hydrogens (tertiary/aromatic N) is 1. The van der Waals surface area contributed by atoms with Gasteiger partial charge in [0.05, 0.1) is 12.3 Å².